The molecular formula is C27H22N2O3. The average molecular weight is 422 g/mol. The van der Waals surface area contributed by atoms with E-state index in [1.54, 1.807) is 12.3 Å². The molecule has 5 rings (SSSR count). The summed E-state index contributed by atoms with van der Waals surface area (Å²) in [6, 6.07) is 28.8. The van der Waals surface area contributed by atoms with Gasteiger partial charge >= 0.3 is 0 Å². The topological polar surface area (TPSA) is 56.4 Å². The van der Waals surface area contributed by atoms with E-state index in [1.807, 2.05) is 77.4 Å². The molecule has 0 saturated carbocycles. The van der Waals surface area contributed by atoms with E-state index < -0.39 is 0 Å². The van der Waals surface area contributed by atoms with Crippen molar-refractivity contribution in [3.63, 3.8) is 0 Å². The fraction of sp³-hybridized carbons (Fsp3) is 0.0741. The summed E-state index contributed by atoms with van der Waals surface area (Å²) in [5.74, 6) is 1.28. The van der Waals surface area contributed by atoms with E-state index in [0.717, 1.165) is 16.8 Å². The number of fused-ring (bicyclic) bond motifs is 1. The van der Waals surface area contributed by atoms with Crippen LogP contribution >= 0.6 is 0 Å². The van der Waals surface area contributed by atoms with E-state index in [4.69, 9.17) is 9.15 Å². The molecule has 32 heavy (non-hydrogen) atoms. The first kappa shape index (κ1) is 19.7. The molecule has 0 fully saturated rings. The monoisotopic (exact) mass is 422 g/mol. The highest BCUT2D eigenvalue weighted by Gasteiger charge is 2.18. The lowest BCUT2D eigenvalue weighted by molar-refractivity contribution is 0.101. The van der Waals surface area contributed by atoms with Crippen molar-refractivity contribution in [2.75, 3.05) is 5.32 Å². The maximum atomic E-state index is 13.1. The second-order valence-corrected chi connectivity index (χ2v) is 7.61. The number of ether oxygens (including phenoxy) is 1. The number of carbonyl (C=O) groups is 1. The van der Waals surface area contributed by atoms with Crippen molar-refractivity contribution in [2.24, 2.45) is 0 Å². The minimum Gasteiger partial charge on any atom is -0.463 e. The molecule has 0 spiro atoms. The number of rotatable bonds is 6. The Labute approximate surface area is 185 Å². The average Bonchev–Trinajstić information content (AvgIpc) is 3.40. The van der Waals surface area contributed by atoms with Gasteiger partial charge in [-0.15, -0.1) is 0 Å². The van der Waals surface area contributed by atoms with Gasteiger partial charge < -0.3 is 19.0 Å². The molecule has 3 aromatic carbocycles. The highest BCUT2D eigenvalue weighted by molar-refractivity contribution is 6.05. The predicted molar refractivity (Wildman–Crippen MR) is 125 cm³/mol. The maximum Gasteiger partial charge on any atom is 0.272 e. The molecule has 5 nitrogen and oxygen atoms in total. The van der Waals surface area contributed by atoms with Gasteiger partial charge in [0.1, 0.15) is 17.2 Å². The molecule has 0 radical (unpaired) electrons. The normalized spacial score (nSPS) is 10.9. The van der Waals surface area contributed by atoms with E-state index in [1.165, 1.54) is 5.56 Å². The summed E-state index contributed by atoms with van der Waals surface area (Å²) in [5, 5.41) is 2.98. The predicted octanol–water partition coefficient (Wildman–Crippen LogP) is 6.64. The van der Waals surface area contributed by atoms with Gasteiger partial charge in [-0.1, -0.05) is 42.5 Å². The van der Waals surface area contributed by atoms with Crippen molar-refractivity contribution in [3.8, 4) is 11.5 Å². The Morgan fingerprint density at radius 1 is 0.906 bits per heavy atom. The van der Waals surface area contributed by atoms with Crippen LogP contribution in [-0.4, -0.2) is 10.5 Å². The van der Waals surface area contributed by atoms with Crippen LogP contribution in [0.3, 0.4) is 0 Å². The number of aromatic nitrogens is 1. The van der Waals surface area contributed by atoms with Crippen LogP contribution in [0.4, 0.5) is 5.69 Å². The van der Waals surface area contributed by atoms with Gasteiger partial charge in [0.2, 0.25) is 0 Å². The number of hydrogen-bond donors (Lipinski definition) is 1. The molecule has 158 valence electrons. The Bertz CT molecular complexity index is 1370. The van der Waals surface area contributed by atoms with Crippen LogP contribution in [0.5, 0.6) is 11.5 Å². The zero-order valence-electron chi connectivity index (χ0n) is 17.6. The maximum absolute atomic E-state index is 13.1. The fourth-order valence-electron chi connectivity index (χ4n) is 3.72. The first-order chi connectivity index (χ1) is 15.7. The van der Waals surface area contributed by atoms with E-state index in [-0.39, 0.29) is 5.91 Å². The Hall–Kier alpha value is -4.25. The van der Waals surface area contributed by atoms with Crippen LogP contribution in [0.2, 0.25) is 0 Å². The molecule has 5 aromatic rings. The lowest BCUT2D eigenvalue weighted by atomic mass is 10.1. The van der Waals surface area contributed by atoms with Crippen LogP contribution in [0.25, 0.3) is 11.1 Å². The molecule has 0 aliphatic carbocycles. The minimum absolute atomic E-state index is 0.193. The molecule has 1 N–H and O–H groups in total. The Morgan fingerprint density at radius 2 is 1.62 bits per heavy atom. The number of nitrogens with zero attached hydrogens (tertiary/aromatic N) is 1. The van der Waals surface area contributed by atoms with Gasteiger partial charge in [-0.3, -0.25) is 4.79 Å². The summed E-state index contributed by atoms with van der Waals surface area (Å²) in [6.07, 6.45) is 1.65. The zero-order valence-corrected chi connectivity index (χ0v) is 17.6. The number of amides is 1. The third-order valence-electron chi connectivity index (χ3n) is 5.44. The number of carbonyl (C=O) groups excluding carboxylic acids is 1. The standard InChI is InChI=1S/C27H22N2O3/c1-19-7-5-6-8-20(19)18-29-24-15-16-31-26(24)17-25(29)27(30)28-21-11-13-23(14-12-21)32-22-9-3-2-4-10-22/h2-17H,18H2,1H3,(H,28,30). The number of hydrogen-bond acceptors (Lipinski definition) is 3. The smallest absolute Gasteiger partial charge is 0.272 e. The summed E-state index contributed by atoms with van der Waals surface area (Å²) in [7, 11) is 0. The van der Waals surface area contributed by atoms with Crippen molar-refractivity contribution in [3.05, 3.63) is 114 Å². The highest BCUT2D eigenvalue weighted by atomic mass is 16.5. The SMILES string of the molecule is Cc1ccccc1Cn1c(C(=O)Nc2ccc(Oc3ccccc3)cc2)cc2occc21. The Kier molecular flexibility index (Phi) is 5.22. The molecule has 5 heteroatoms. The van der Waals surface area contributed by atoms with Gasteiger partial charge in [-0.05, 0) is 54.4 Å². The molecule has 0 bridgehead atoms. The molecule has 0 saturated heterocycles. The lowest BCUT2D eigenvalue weighted by Gasteiger charge is -2.13. The summed E-state index contributed by atoms with van der Waals surface area (Å²) >= 11 is 0. The highest BCUT2D eigenvalue weighted by Crippen LogP contribution is 2.26. The van der Waals surface area contributed by atoms with Gasteiger partial charge in [0.05, 0.1) is 11.8 Å². The first-order valence-corrected chi connectivity index (χ1v) is 10.4. The molecule has 2 heterocycles. The van der Waals surface area contributed by atoms with Crippen molar-refractivity contribution < 1.29 is 13.9 Å². The van der Waals surface area contributed by atoms with E-state index in [2.05, 4.69) is 24.4 Å². The largest absolute Gasteiger partial charge is 0.463 e. The number of aryl methyl sites for hydroxylation is 1. The lowest BCUT2D eigenvalue weighted by Crippen LogP contribution is -2.17. The van der Waals surface area contributed by atoms with Gasteiger partial charge in [0, 0.05) is 24.4 Å². The minimum atomic E-state index is -0.193. The summed E-state index contributed by atoms with van der Waals surface area (Å²) in [5.41, 5.74) is 5.16. The molecule has 0 aliphatic rings. The molecule has 0 atom stereocenters. The number of para-hydroxylation sites is 1. The third-order valence-corrected chi connectivity index (χ3v) is 5.44. The van der Waals surface area contributed by atoms with Crippen LogP contribution in [0.15, 0.2) is 102 Å². The van der Waals surface area contributed by atoms with E-state index >= 15 is 0 Å². The molecule has 0 aliphatic heterocycles. The van der Waals surface area contributed by atoms with Gasteiger partial charge in [0.15, 0.2) is 5.58 Å². The summed E-state index contributed by atoms with van der Waals surface area (Å²) in [6.45, 7) is 2.66. The zero-order chi connectivity index (χ0) is 21.9. The summed E-state index contributed by atoms with van der Waals surface area (Å²) in [4.78, 5) is 13.1. The number of anilines is 1. The Morgan fingerprint density at radius 3 is 2.41 bits per heavy atom. The third kappa shape index (κ3) is 4.01. The van der Waals surface area contributed by atoms with Gasteiger partial charge in [-0.25, -0.2) is 0 Å². The quantitative estimate of drug-likeness (QED) is 0.334. The molecule has 1 amide bonds. The fourth-order valence-corrected chi connectivity index (χ4v) is 3.72. The van der Waals surface area contributed by atoms with Crippen LogP contribution in [0, 0.1) is 6.92 Å². The Balaban J connectivity index is 1.37. The van der Waals surface area contributed by atoms with E-state index in [0.29, 0.717) is 29.3 Å². The van der Waals surface area contributed by atoms with Gasteiger partial charge in [0.25, 0.3) is 5.91 Å². The second kappa shape index (κ2) is 8.47. The van der Waals surface area contributed by atoms with Crippen LogP contribution < -0.4 is 10.1 Å². The first-order valence-electron chi connectivity index (χ1n) is 10.4. The van der Waals surface area contributed by atoms with Crippen molar-refractivity contribution in [1.82, 2.24) is 4.57 Å². The van der Waals surface area contributed by atoms with Crippen molar-refractivity contribution >= 4 is 22.7 Å². The molecule has 0 unspecified atom stereocenters. The number of furan rings is 1. The molecular weight excluding hydrogens is 400 g/mol. The second-order valence-electron chi connectivity index (χ2n) is 7.61. The van der Waals surface area contributed by atoms with Crippen molar-refractivity contribution in [2.45, 2.75) is 13.5 Å². The van der Waals surface area contributed by atoms with Gasteiger partial charge in [-0.2, -0.15) is 0 Å². The summed E-state index contributed by atoms with van der Waals surface area (Å²) < 4.78 is 13.4. The van der Waals surface area contributed by atoms with Crippen molar-refractivity contribution in [1.29, 1.82) is 0 Å². The molecule has 2 aromatic heterocycles. The van der Waals surface area contributed by atoms with Crippen LogP contribution in [0.1, 0.15) is 21.6 Å². The number of benzene rings is 3. The van der Waals surface area contributed by atoms with Crippen LogP contribution in [-0.2, 0) is 6.54 Å². The number of nitrogens with one attached hydrogen (secondary N) is 1. The van der Waals surface area contributed by atoms with E-state index in [9.17, 15) is 4.79 Å².